The Hall–Kier alpha value is -0.660. The van der Waals surface area contributed by atoms with Crippen molar-refractivity contribution in [3.8, 4) is 0 Å². The minimum atomic E-state index is -3.08. The van der Waals surface area contributed by atoms with E-state index in [1.165, 1.54) is 11.8 Å². The average Bonchev–Trinajstić information content (AvgIpc) is 2.48. The summed E-state index contributed by atoms with van der Waals surface area (Å²) in [5, 5.41) is 0. The first kappa shape index (κ1) is 20.4. The van der Waals surface area contributed by atoms with Gasteiger partial charge >= 0.3 is 0 Å². The minimum absolute atomic E-state index is 0. The highest BCUT2D eigenvalue weighted by molar-refractivity contribution is 7.88. The van der Waals surface area contributed by atoms with E-state index in [1.807, 2.05) is 18.2 Å². The fourth-order valence-corrected chi connectivity index (χ4v) is 4.04. The summed E-state index contributed by atoms with van der Waals surface area (Å²) >= 11 is 0. The molecule has 1 atom stereocenters. The molecule has 1 saturated heterocycles. The Morgan fingerprint density at radius 3 is 2.61 bits per heavy atom. The van der Waals surface area contributed by atoms with Crippen LogP contribution in [0.3, 0.4) is 0 Å². The highest BCUT2D eigenvalue weighted by atomic mass is 35.5. The fraction of sp³-hybridized carbons (Fsp3) is 0.625. The molecule has 1 fully saturated rings. The summed E-state index contributed by atoms with van der Waals surface area (Å²) in [7, 11) is -3.08. The third-order valence-electron chi connectivity index (χ3n) is 4.16. The second-order valence-electron chi connectivity index (χ2n) is 6.14. The molecule has 132 valence electrons. The number of hydrogen-bond acceptors (Lipinski definition) is 4. The van der Waals surface area contributed by atoms with Crippen LogP contribution in [0.25, 0.3) is 0 Å². The molecule has 0 spiro atoms. The summed E-state index contributed by atoms with van der Waals surface area (Å²) < 4.78 is 25.1. The van der Waals surface area contributed by atoms with Crippen LogP contribution < -0.4 is 5.73 Å². The lowest BCUT2D eigenvalue weighted by Crippen LogP contribution is -2.44. The number of nitrogens with two attached hydrogens (primary N) is 1. The van der Waals surface area contributed by atoms with Gasteiger partial charge in [-0.3, -0.25) is 4.90 Å². The Morgan fingerprint density at radius 1 is 1.30 bits per heavy atom. The predicted octanol–water partition coefficient (Wildman–Crippen LogP) is 1.54. The zero-order valence-corrected chi connectivity index (χ0v) is 15.4. The Balaban J connectivity index is 0.00000264. The van der Waals surface area contributed by atoms with Gasteiger partial charge in [-0.15, -0.1) is 12.4 Å². The quantitative estimate of drug-likeness (QED) is 0.800. The van der Waals surface area contributed by atoms with Gasteiger partial charge in [0.1, 0.15) is 0 Å². The average molecular weight is 362 g/mol. The molecule has 2 N–H and O–H groups in total. The molecule has 0 amide bonds. The monoisotopic (exact) mass is 361 g/mol. The van der Waals surface area contributed by atoms with E-state index in [0.29, 0.717) is 25.6 Å². The number of piperidine rings is 1. The molecule has 23 heavy (non-hydrogen) atoms. The van der Waals surface area contributed by atoms with Gasteiger partial charge in [0, 0.05) is 39.3 Å². The lowest BCUT2D eigenvalue weighted by molar-refractivity contribution is 0.176. The number of nitrogens with zero attached hydrogens (tertiary/aromatic N) is 2. The van der Waals surface area contributed by atoms with E-state index in [1.54, 1.807) is 4.31 Å². The predicted molar refractivity (Wildman–Crippen MR) is 97.2 cm³/mol. The molecular weight excluding hydrogens is 334 g/mol. The van der Waals surface area contributed by atoms with E-state index in [4.69, 9.17) is 5.73 Å². The van der Waals surface area contributed by atoms with E-state index in [2.05, 4.69) is 17.0 Å². The van der Waals surface area contributed by atoms with Crippen molar-refractivity contribution in [1.82, 2.24) is 9.21 Å². The van der Waals surface area contributed by atoms with Gasteiger partial charge in [-0.05, 0) is 24.3 Å². The van der Waals surface area contributed by atoms with Crippen molar-refractivity contribution in [1.29, 1.82) is 0 Å². The maximum Gasteiger partial charge on any atom is 0.211 e. The molecule has 5 nitrogen and oxygen atoms in total. The summed E-state index contributed by atoms with van der Waals surface area (Å²) in [6.07, 6.45) is 3.33. The summed E-state index contributed by atoms with van der Waals surface area (Å²) in [6.45, 7) is 4.52. The summed E-state index contributed by atoms with van der Waals surface area (Å²) in [6, 6.07) is 10.3. The number of benzene rings is 1. The third kappa shape index (κ3) is 6.77. The van der Waals surface area contributed by atoms with Crippen LogP contribution in [0.1, 0.15) is 18.4 Å². The molecule has 0 aliphatic carbocycles. The van der Waals surface area contributed by atoms with Gasteiger partial charge in [0.25, 0.3) is 0 Å². The number of hydrogen-bond donors (Lipinski definition) is 1. The maximum atomic E-state index is 11.7. The van der Waals surface area contributed by atoms with Crippen LogP contribution in [0.4, 0.5) is 0 Å². The normalized spacial score (nSPS) is 19.5. The van der Waals surface area contributed by atoms with Crippen LogP contribution in [0.2, 0.25) is 0 Å². The van der Waals surface area contributed by atoms with E-state index >= 15 is 0 Å². The minimum Gasteiger partial charge on any atom is -0.329 e. The van der Waals surface area contributed by atoms with Gasteiger partial charge in [-0.2, -0.15) is 0 Å². The Labute approximate surface area is 146 Å². The van der Waals surface area contributed by atoms with Gasteiger partial charge in [0.15, 0.2) is 0 Å². The van der Waals surface area contributed by atoms with Crippen molar-refractivity contribution in [2.75, 3.05) is 39.0 Å². The first-order chi connectivity index (χ1) is 10.5. The van der Waals surface area contributed by atoms with Gasteiger partial charge in [-0.1, -0.05) is 30.3 Å². The van der Waals surface area contributed by atoms with Gasteiger partial charge in [0.2, 0.25) is 10.0 Å². The zero-order valence-electron chi connectivity index (χ0n) is 13.7. The second kappa shape index (κ2) is 9.59. The molecule has 0 radical (unpaired) electrons. The second-order valence-corrected chi connectivity index (χ2v) is 8.12. The largest absolute Gasteiger partial charge is 0.329 e. The molecule has 0 saturated carbocycles. The summed E-state index contributed by atoms with van der Waals surface area (Å²) in [4.78, 5) is 2.34. The van der Waals surface area contributed by atoms with Crippen molar-refractivity contribution in [2.45, 2.75) is 19.4 Å². The van der Waals surface area contributed by atoms with Crippen LogP contribution in [-0.2, 0) is 16.6 Å². The van der Waals surface area contributed by atoms with Crippen molar-refractivity contribution in [3.05, 3.63) is 35.9 Å². The lowest BCUT2D eigenvalue weighted by Gasteiger charge is -2.34. The molecule has 0 aromatic heterocycles. The molecule has 7 heteroatoms. The molecule has 1 unspecified atom stereocenters. The van der Waals surface area contributed by atoms with Crippen LogP contribution in [0.5, 0.6) is 0 Å². The summed E-state index contributed by atoms with van der Waals surface area (Å²) in [5.74, 6) is 0.388. The molecule has 0 bridgehead atoms. The van der Waals surface area contributed by atoms with Crippen molar-refractivity contribution >= 4 is 22.4 Å². The van der Waals surface area contributed by atoms with Crippen LogP contribution in [-0.4, -0.2) is 56.6 Å². The number of halogens is 1. The fourth-order valence-electron chi connectivity index (χ4n) is 3.10. The first-order valence-electron chi connectivity index (χ1n) is 7.90. The SMILES string of the molecule is CS(=O)(=O)N1CCCC(CN(CCN)Cc2ccccc2)C1.Cl. The molecular formula is C16H28ClN3O2S. The van der Waals surface area contributed by atoms with E-state index in [9.17, 15) is 8.42 Å². The smallest absolute Gasteiger partial charge is 0.211 e. The standard InChI is InChI=1S/C16H27N3O2S.ClH/c1-22(20,21)19-10-5-8-16(14-19)13-18(11-9-17)12-15-6-3-2-4-7-15;/h2-4,6-7,16H,5,8-14,17H2,1H3;1H. The Morgan fingerprint density at radius 2 is 2.00 bits per heavy atom. The molecule has 2 rings (SSSR count). The zero-order chi connectivity index (χ0) is 16.0. The Kier molecular flexibility index (Phi) is 8.50. The van der Waals surface area contributed by atoms with Gasteiger partial charge < -0.3 is 5.73 Å². The lowest BCUT2D eigenvalue weighted by atomic mass is 9.98. The Bertz CT molecular complexity index is 554. The van der Waals surface area contributed by atoms with E-state index in [0.717, 1.165) is 32.5 Å². The summed E-state index contributed by atoms with van der Waals surface area (Å²) in [5.41, 5.74) is 7.01. The molecule has 1 heterocycles. The van der Waals surface area contributed by atoms with E-state index < -0.39 is 10.0 Å². The van der Waals surface area contributed by atoms with E-state index in [-0.39, 0.29) is 12.4 Å². The molecule has 1 aliphatic rings. The number of sulfonamides is 1. The van der Waals surface area contributed by atoms with Crippen molar-refractivity contribution in [3.63, 3.8) is 0 Å². The topological polar surface area (TPSA) is 66.6 Å². The van der Waals surface area contributed by atoms with Crippen molar-refractivity contribution < 1.29 is 8.42 Å². The molecule has 1 aromatic carbocycles. The van der Waals surface area contributed by atoms with Gasteiger partial charge in [0.05, 0.1) is 6.26 Å². The van der Waals surface area contributed by atoms with Crippen LogP contribution >= 0.6 is 12.4 Å². The maximum absolute atomic E-state index is 11.7. The first-order valence-corrected chi connectivity index (χ1v) is 9.75. The third-order valence-corrected chi connectivity index (χ3v) is 5.43. The molecule has 1 aliphatic heterocycles. The highest BCUT2D eigenvalue weighted by Crippen LogP contribution is 2.20. The van der Waals surface area contributed by atoms with Gasteiger partial charge in [-0.25, -0.2) is 12.7 Å². The molecule has 1 aromatic rings. The highest BCUT2D eigenvalue weighted by Gasteiger charge is 2.26. The number of rotatable bonds is 7. The van der Waals surface area contributed by atoms with Crippen LogP contribution in [0, 0.1) is 5.92 Å². The van der Waals surface area contributed by atoms with Crippen LogP contribution in [0.15, 0.2) is 30.3 Å². The van der Waals surface area contributed by atoms with Crippen molar-refractivity contribution in [2.24, 2.45) is 11.7 Å².